The first-order valence-electron chi connectivity index (χ1n) is 8.05. The van der Waals surface area contributed by atoms with Crippen molar-refractivity contribution in [2.45, 2.75) is 19.6 Å². The molecule has 4 heterocycles. The summed E-state index contributed by atoms with van der Waals surface area (Å²) in [7, 11) is 0. The maximum atomic E-state index is 5.98. The molecule has 2 saturated heterocycles. The summed E-state index contributed by atoms with van der Waals surface area (Å²) in [4.78, 5) is 10.8. The largest absolute Gasteiger partial charge is 0.376 e. The zero-order chi connectivity index (χ0) is 15.6. The molecule has 0 radical (unpaired) electrons. The van der Waals surface area contributed by atoms with Crippen molar-refractivity contribution < 1.29 is 9.26 Å². The average molecular weight is 315 g/mol. The highest BCUT2D eigenvalue weighted by Crippen LogP contribution is 2.34. The van der Waals surface area contributed by atoms with E-state index in [2.05, 4.69) is 25.3 Å². The highest BCUT2D eigenvalue weighted by Gasteiger charge is 2.43. The Kier molecular flexibility index (Phi) is 3.97. The molecule has 2 aromatic rings. The van der Waals surface area contributed by atoms with Gasteiger partial charge in [0.15, 0.2) is 0 Å². The van der Waals surface area contributed by atoms with E-state index in [9.17, 15) is 0 Å². The first-order valence-corrected chi connectivity index (χ1v) is 8.05. The third-order valence-electron chi connectivity index (χ3n) is 4.67. The van der Waals surface area contributed by atoms with Crippen LogP contribution in [0.5, 0.6) is 0 Å². The molecule has 23 heavy (non-hydrogen) atoms. The zero-order valence-electron chi connectivity index (χ0n) is 13.2. The molecule has 0 spiro atoms. The first-order chi connectivity index (χ1) is 11.3. The maximum absolute atomic E-state index is 5.98. The number of likely N-dealkylation sites (tertiary alicyclic amines) is 1. The number of hydrogen-bond acceptors (Lipinski definition) is 7. The Balaban J connectivity index is 1.32. The standard InChI is InChI=1S/C16H21N5O2/c1-11-5-13(20-23-11)7-21-8-14-12(10-22-15(14)9-21)6-19-16-17-3-2-4-18-16/h2-5,12,14-15H,6-10H2,1H3,(H,17,18,19)/t12-,14+,15+/m0/s1. The van der Waals surface area contributed by atoms with Crippen molar-refractivity contribution in [3.05, 3.63) is 36.0 Å². The van der Waals surface area contributed by atoms with Gasteiger partial charge in [-0.2, -0.15) is 0 Å². The van der Waals surface area contributed by atoms with Crippen LogP contribution in [-0.4, -0.2) is 52.4 Å². The number of aromatic nitrogens is 3. The molecule has 3 atom stereocenters. The van der Waals surface area contributed by atoms with Gasteiger partial charge in [-0.1, -0.05) is 5.16 Å². The highest BCUT2D eigenvalue weighted by molar-refractivity contribution is 5.22. The fourth-order valence-electron chi connectivity index (χ4n) is 3.55. The monoisotopic (exact) mass is 315 g/mol. The SMILES string of the molecule is Cc1cc(CN2C[C@@H]3[C@@H](CNc4ncccn4)CO[C@@H]3C2)no1. The topological polar surface area (TPSA) is 76.3 Å². The molecule has 0 aromatic carbocycles. The Bertz CT molecular complexity index is 647. The van der Waals surface area contributed by atoms with Crippen molar-refractivity contribution >= 4 is 5.95 Å². The molecule has 2 aliphatic rings. The first kappa shape index (κ1) is 14.6. The third kappa shape index (κ3) is 3.20. The Morgan fingerprint density at radius 1 is 1.30 bits per heavy atom. The number of rotatable bonds is 5. The molecule has 0 unspecified atom stereocenters. The molecule has 2 aliphatic heterocycles. The molecule has 4 rings (SSSR count). The Morgan fingerprint density at radius 2 is 2.17 bits per heavy atom. The lowest BCUT2D eigenvalue weighted by Gasteiger charge is -2.19. The van der Waals surface area contributed by atoms with Crippen molar-refractivity contribution in [1.29, 1.82) is 0 Å². The summed E-state index contributed by atoms with van der Waals surface area (Å²) in [5.41, 5.74) is 0.995. The van der Waals surface area contributed by atoms with Crippen LogP contribution in [0.1, 0.15) is 11.5 Å². The van der Waals surface area contributed by atoms with Crippen LogP contribution in [0, 0.1) is 18.8 Å². The van der Waals surface area contributed by atoms with E-state index < -0.39 is 0 Å². The summed E-state index contributed by atoms with van der Waals surface area (Å²) in [5.74, 6) is 2.59. The normalized spacial score (nSPS) is 27.3. The van der Waals surface area contributed by atoms with Crippen LogP contribution in [0.15, 0.2) is 29.0 Å². The minimum absolute atomic E-state index is 0.325. The van der Waals surface area contributed by atoms with Crippen molar-refractivity contribution in [3.63, 3.8) is 0 Å². The molecule has 0 amide bonds. The molecule has 122 valence electrons. The molecule has 1 N–H and O–H groups in total. The second-order valence-electron chi connectivity index (χ2n) is 6.37. The van der Waals surface area contributed by atoms with E-state index in [1.807, 2.05) is 19.1 Å². The van der Waals surface area contributed by atoms with E-state index in [1.165, 1.54) is 0 Å². The van der Waals surface area contributed by atoms with Crippen LogP contribution in [0.2, 0.25) is 0 Å². The fourth-order valence-corrected chi connectivity index (χ4v) is 3.55. The van der Waals surface area contributed by atoms with Gasteiger partial charge in [-0.15, -0.1) is 0 Å². The molecule has 2 aromatic heterocycles. The molecular weight excluding hydrogens is 294 g/mol. The number of nitrogens with zero attached hydrogens (tertiary/aromatic N) is 4. The van der Waals surface area contributed by atoms with Crippen molar-refractivity contribution in [2.75, 3.05) is 31.6 Å². The van der Waals surface area contributed by atoms with E-state index in [4.69, 9.17) is 9.26 Å². The summed E-state index contributed by atoms with van der Waals surface area (Å²) >= 11 is 0. The van der Waals surface area contributed by atoms with Gasteiger partial charge >= 0.3 is 0 Å². The van der Waals surface area contributed by atoms with E-state index >= 15 is 0 Å². The molecule has 7 heteroatoms. The van der Waals surface area contributed by atoms with Crippen molar-refractivity contribution in [3.8, 4) is 0 Å². The molecule has 0 bridgehead atoms. The van der Waals surface area contributed by atoms with Crippen LogP contribution < -0.4 is 5.32 Å². The van der Waals surface area contributed by atoms with Crippen LogP contribution in [0.3, 0.4) is 0 Å². The van der Waals surface area contributed by atoms with Gasteiger partial charge in [-0.25, -0.2) is 9.97 Å². The van der Waals surface area contributed by atoms with Gasteiger partial charge in [0.1, 0.15) is 5.76 Å². The molecule has 7 nitrogen and oxygen atoms in total. The van der Waals surface area contributed by atoms with Crippen LogP contribution in [-0.2, 0) is 11.3 Å². The van der Waals surface area contributed by atoms with Gasteiger partial charge in [0.2, 0.25) is 5.95 Å². The number of anilines is 1. The zero-order valence-corrected chi connectivity index (χ0v) is 13.2. The van der Waals surface area contributed by atoms with Gasteiger partial charge in [-0.05, 0) is 13.0 Å². The quantitative estimate of drug-likeness (QED) is 0.892. The maximum Gasteiger partial charge on any atom is 0.222 e. The average Bonchev–Trinajstić information content (AvgIpc) is 3.23. The number of ether oxygens (including phenoxy) is 1. The Labute approximate surface area is 135 Å². The van der Waals surface area contributed by atoms with Gasteiger partial charge in [0.25, 0.3) is 0 Å². The van der Waals surface area contributed by atoms with Gasteiger partial charge in [0, 0.05) is 56.5 Å². The summed E-state index contributed by atoms with van der Waals surface area (Å²) in [5, 5.41) is 7.40. The van der Waals surface area contributed by atoms with Gasteiger partial charge in [-0.3, -0.25) is 4.90 Å². The second kappa shape index (κ2) is 6.25. The lowest BCUT2D eigenvalue weighted by Crippen LogP contribution is -2.27. The minimum atomic E-state index is 0.325. The number of fused-ring (bicyclic) bond motifs is 1. The fraction of sp³-hybridized carbons (Fsp3) is 0.562. The highest BCUT2D eigenvalue weighted by atomic mass is 16.5. The van der Waals surface area contributed by atoms with Crippen LogP contribution in [0.25, 0.3) is 0 Å². The second-order valence-corrected chi connectivity index (χ2v) is 6.37. The summed E-state index contributed by atoms with van der Waals surface area (Å²) in [6.07, 6.45) is 3.83. The molecule has 2 fully saturated rings. The lowest BCUT2D eigenvalue weighted by atomic mass is 9.93. The summed E-state index contributed by atoms with van der Waals surface area (Å²) < 4.78 is 11.1. The van der Waals surface area contributed by atoms with Gasteiger partial charge < -0.3 is 14.6 Å². The lowest BCUT2D eigenvalue weighted by molar-refractivity contribution is 0.0942. The Morgan fingerprint density at radius 3 is 2.96 bits per heavy atom. The van der Waals surface area contributed by atoms with Gasteiger partial charge in [0.05, 0.1) is 18.4 Å². The van der Waals surface area contributed by atoms with Crippen LogP contribution >= 0.6 is 0 Å². The molecule has 0 saturated carbocycles. The predicted molar refractivity (Wildman–Crippen MR) is 83.8 cm³/mol. The van der Waals surface area contributed by atoms with E-state index in [0.717, 1.165) is 44.2 Å². The van der Waals surface area contributed by atoms with E-state index in [-0.39, 0.29) is 0 Å². The Hall–Kier alpha value is -1.99. The molecular formula is C16H21N5O2. The predicted octanol–water partition coefficient (Wildman–Crippen LogP) is 1.33. The number of nitrogens with one attached hydrogen (secondary N) is 1. The van der Waals surface area contributed by atoms with E-state index in [1.54, 1.807) is 12.4 Å². The summed E-state index contributed by atoms with van der Waals surface area (Å²) in [6.45, 7) is 6.42. The van der Waals surface area contributed by atoms with Crippen molar-refractivity contribution in [2.24, 2.45) is 11.8 Å². The number of aryl methyl sites for hydroxylation is 1. The smallest absolute Gasteiger partial charge is 0.222 e. The minimum Gasteiger partial charge on any atom is -0.376 e. The number of hydrogen-bond donors (Lipinski definition) is 1. The van der Waals surface area contributed by atoms with Crippen molar-refractivity contribution in [1.82, 2.24) is 20.0 Å². The third-order valence-corrected chi connectivity index (χ3v) is 4.67. The summed E-state index contributed by atoms with van der Waals surface area (Å²) in [6, 6.07) is 3.82. The molecule has 0 aliphatic carbocycles. The van der Waals surface area contributed by atoms with Crippen LogP contribution in [0.4, 0.5) is 5.95 Å². The van der Waals surface area contributed by atoms with E-state index in [0.29, 0.717) is 23.9 Å².